The van der Waals surface area contributed by atoms with Gasteiger partial charge in [-0.25, -0.2) is 0 Å². The lowest BCUT2D eigenvalue weighted by Gasteiger charge is -2.29. The largest absolute Gasteiger partial charge is 0.469 e. The van der Waals surface area contributed by atoms with Crippen molar-refractivity contribution >= 4 is 5.97 Å². The van der Waals surface area contributed by atoms with Gasteiger partial charge in [0.15, 0.2) is 0 Å². The second-order valence-corrected chi connectivity index (χ2v) is 5.00. The number of aryl methyl sites for hydroxylation is 1. The van der Waals surface area contributed by atoms with Gasteiger partial charge >= 0.3 is 5.97 Å². The first-order chi connectivity index (χ1) is 8.72. The molecule has 1 aromatic rings. The van der Waals surface area contributed by atoms with Crippen molar-refractivity contribution < 1.29 is 9.53 Å². The average Bonchev–Trinajstić information content (AvgIpc) is 2.40. The van der Waals surface area contributed by atoms with Crippen LogP contribution in [0.1, 0.15) is 29.9 Å². The number of carbonyl (C=O) groups is 1. The fourth-order valence-electron chi connectivity index (χ4n) is 2.77. The Morgan fingerprint density at radius 2 is 2.11 bits per heavy atom. The van der Waals surface area contributed by atoms with Crippen molar-refractivity contribution in [2.75, 3.05) is 20.2 Å². The van der Waals surface area contributed by atoms with Gasteiger partial charge in [-0.05, 0) is 44.3 Å². The second kappa shape index (κ2) is 6.01. The molecule has 98 valence electrons. The molecule has 3 nitrogen and oxygen atoms in total. The monoisotopic (exact) mass is 247 g/mol. The summed E-state index contributed by atoms with van der Waals surface area (Å²) in [7, 11) is 1.48. The standard InChI is InChI=1S/C15H21NO2/c1-11-4-3-5-13(10-11)14(15(17)18-2)12-6-8-16-9-7-12/h3-5,10,12,14,16H,6-9H2,1-2H3. The Labute approximate surface area is 109 Å². The van der Waals surface area contributed by atoms with Crippen LogP contribution >= 0.6 is 0 Å². The summed E-state index contributed by atoms with van der Waals surface area (Å²) in [4.78, 5) is 12.1. The van der Waals surface area contributed by atoms with Gasteiger partial charge in [0.05, 0.1) is 13.0 Å². The van der Waals surface area contributed by atoms with Crippen LogP contribution in [-0.4, -0.2) is 26.2 Å². The normalized spacial score (nSPS) is 18.3. The maximum atomic E-state index is 12.1. The molecule has 1 fully saturated rings. The summed E-state index contributed by atoms with van der Waals surface area (Å²) < 4.78 is 5.00. The van der Waals surface area contributed by atoms with Crippen LogP contribution in [0.2, 0.25) is 0 Å². The fraction of sp³-hybridized carbons (Fsp3) is 0.533. The summed E-state index contributed by atoms with van der Waals surface area (Å²) in [5.41, 5.74) is 2.28. The summed E-state index contributed by atoms with van der Waals surface area (Å²) in [6.07, 6.45) is 2.07. The van der Waals surface area contributed by atoms with Gasteiger partial charge in [0.25, 0.3) is 0 Å². The highest BCUT2D eigenvalue weighted by Crippen LogP contribution is 2.32. The van der Waals surface area contributed by atoms with E-state index in [-0.39, 0.29) is 11.9 Å². The lowest BCUT2D eigenvalue weighted by molar-refractivity contribution is -0.144. The molecule has 1 aliphatic rings. The van der Waals surface area contributed by atoms with Gasteiger partial charge in [-0.3, -0.25) is 4.79 Å². The molecule has 1 aromatic carbocycles. The van der Waals surface area contributed by atoms with E-state index < -0.39 is 0 Å². The Morgan fingerprint density at radius 1 is 1.39 bits per heavy atom. The third-order valence-electron chi connectivity index (χ3n) is 3.71. The van der Waals surface area contributed by atoms with Crippen molar-refractivity contribution in [2.24, 2.45) is 5.92 Å². The van der Waals surface area contributed by atoms with Crippen molar-refractivity contribution in [3.8, 4) is 0 Å². The quantitative estimate of drug-likeness (QED) is 0.833. The first kappa shape index (κ1) is 13.1. The first-order valence-corrected chi connectivity index (χ1v) is 6.57. The molecule has 1 atom stereocenters. The lowest BCUT2D eigenvalue weighted by Crippen LogP contribution is -2.34. The topological polar surface area (TPSA) is 38.3 Å². The molecular weight excluding hydrogens is 226 g/mol. The van der Waals surface area contributed by atoms with Crippen LogP contribution < -0.4 is 5.32 Å². The smallest absolute Gasteiger partial charge is 0.313 e. The maximum absolute atomic E-state index is 12.1. The zero-order valence-corrected chi connectivity index (χ0v) is 11.1. The van der Waals surface area contributed by atoms with Crippen LogP contribution in [-0.2, 0) is 9.53 Å². The van der Waals surface area contributed by atoms with Crippen LogP contribution in [0.15, 0.2) is 24.3 Å². The van der Waals surface area contributed by atoms with E-state index in [2.05, 4.69) is 24.4 Å². The molecule has 0 aliphatic carbocycles. The van der Waals surface area contributed by atoms with Crippen molar-refractivity contribution in [3.63, 3.8) is 0 Å². The molecule has 1 unspecified atom stereocenters. The highest BCUT2D eigenvalue weighted by molar-refractivity contribution is 5.78. The third kappa shape index (κ3) is 2.91. The number of benzene rings is 1. The number of ether oxygens (including phenoxy) is 1. The predicted molar refractivity (Wildman–Crippen MR) is 71.5 cm³/mol. The minimum Gasteiger partial charge on any atom is -0.469 e. The molecule has 1 saturated heterocycles. The number of piperidine rings is 1. The van der Waals surface area contributed by atoms with Gasteiger partial charge in [0, 0.05) is 0 Å². The highest BCUT2D eigenvalue weighted by Gasteiger charge is 2.31. The Morgan fingerprint density at radius 3 is 2.72 bits per heavy atom. The van der Waals surface area contributed by atoms with E-state index in [1.54, 1.807) is 0 Å². The Balaban J connectivity index is 2.26. The SMILES string of the molecule is COC(=O)C(c1cccc(C)c1)C1CCNCC1. The molecular formula is C15H21NO2. The van der Waals surface area contributed by atoms with Crippen molar-refractivity contribution in [2.45, 2.75) is 25.7 Å². The van der Waals surface area contributed by atoms with E-state index >= 15 is 0 Å². The number of hydrogen-bond acceptors (Lipinski definition) is 3. The third-order valence-corrected chi connectivity index (χ3v) is 3.71. The summed E-state index contributed by atoms with van der Waals surface area (Å²) in [5, 5.41) is 3.34. The van der Waals surface area contributed by atoms with E-state index in [4.69, 9.17) is 4.74 Å². The molecule has 3 heteroatoms. The molecule has 2 rings (SSSR count). The summed E-state index contributed by atoms with van der Waals surface area (Å²) in [5.74, 6) is 0.171. The maximum Gasteiger partial charge on any atom is 0.313 e. The highest BCUT2D eigenvalue weighted by atomic mass is 16.5. The average molecular weight is 247 g/mol. The van der Waals surface area contributed by atoms with Gasteiger partial charge in [0.2, 0.25) is 0 Å². The number of esters is 1. The molecule has 0 amide bonds. The molecule has 0 saturated carbocycles. The molecule has 1 aliphatic heterocycles. The summed E-state index contributed by atoms with van der Waals surface area (Å²) in [6, 6.07) is 8.21. The first-order valence-electron chi connectivity index (χ1n) is 6.57. The van der Waals surface area contributed by atoms with Crippen molar-refractivity contribution in [1.82, 2.24) is 5.32 Å². The minimum atomic E-state index is -0.114. The number of nitrogens with one attached hydrogen (secondary N) is 1. The summed E-state index contributed by atoms with van der Waals surface area (Å²) >= 11 is 0. The Kier molecular flexibility index (Phi) is 4.37. The van der Waals surface area contributed by atoms with E-state index in [0.29, 0.717) is 5.92 Å². The number of methoxy groups -OCH3 is 1. The molecule has 0 radical (unpaired) electrons. The zero-order valence-electron chi connectivity index (χ0n) is 11.1. The number of hydrogen-bond donors (Lipinski definition) is 1. The van der Waals surface area contributed by atoms with E-state index in [1.807, 2.05) is 12.1 Å². The van der Waals surface area contributed by atoms with Crippen LogP contribution in [0.25, 0.3) is 0 Å². The van der Waals surface area contributed by atoms with Gasteiger partial charge in [-0.2, -0.15) is 0 Å². The number of rotatable bonds is 3. The van der Waals surface area contributed by atoms with Gasteiger partial charge in [0.1, 0.15) is 0 Å². The van der Waals surface area contributed by atoms with Gasteiger partial charge in [-0.1, -0.05) is 29.8 Å². The van der Waals surface area contributed by atoms with E-state index in [1.165, 1.54) is 12.7 Å². The Bertz CT molecular complexity index is 411. The van der Waals surface area contributed by atoms with Crippen molar-refractivity contribution in [3.05, 3.63) is 35.4 Å². The summed E-state index contributed by atoms with van der Waals surface area (Å²) in [6.45, 7) is 4.04. The van der Waals surface area contributed by atoms with Crippen LogP contribution in [0.5, 0.6) is 0 Å². The second-order valence-electron chi connectivity index (χ2n) is 5.00. The zero-order chi connectivity index (χ0) is 13.0. The lowest BCUT2D eigenvalue weighted by atomic mass is 9.80. The minimum absolute atomic E-state index is 0.104. The van der Waals surface area contributed by atoms with Crippen molar-refractivity contribution in [1.29, 1.82) is 0 Å². The van der Waals surface area contributed by atoms with E-state index in [9.17, 15) is 4.79 Å². The molecule has 1 heterocycles. The number of carbonyl (C=O) groups excluding carboxylic acids is 1. The van der Waals surface area contributed by atoms with Gasteiger partial charge < -0.3 is 10.1 Å². The van der Waals surface area contributed by atoms with Crippen LogP contribution in [0.3, 0.4) is 0 Å². The predicted octanol–water partition coefficient (Wildman–Crippen LogP) is 2.25. The fourth-order valence-corrected chi connectivity index (χ4v) is 2.77. The Hall–Kier alpha value is -1.35. The molecule has 0 bridgehead atoms. The molecule has 18 heavy (non-hydrogen) atoms. The molecule has 0 aromatic heterocycles. The van der Waals surface area contributed by atoms with Gasteiger partial charge in [-0.15, -0.1) is 0 Å². The van der Waals surface area contributed by atoms with Crippen LogP contribution in [0, 0.1) is 12.8 Å². The molecule has 0 spiro atoms. The van der Waals surface area contributed by atoms with E-state index in [0.717, 1.165) is 31.5 Å². The van der Waals surface area contributed by atoms with Crippen LogP contribution in [0.4, 0.5) is 0 Å². The molecule has 1 N–H and O–H groups in total.